The molecule has 2 heterocycles. The van der Waals surface area contributed by atoms with E-state index in [1.54, 1.807) is 48.5 Å². The molecule has 10 heteroatoms. The van der Waals surface area contributed by atoms with E-state index in [-0.39, 0.29) is 5.91 Å². The fourth-order valence-corrected chi connectivity index (χ4v) is 5.03. The molecule has 5 rings (SSSR count). The van der Waals surface area contributed by atoms with Gasteiger partial charge in [0, 0.05) is 41.8 Å². The minimum absolute atomic E-state index is 0.318. The Labute approximate surface area is 243 Å². The summed E-state index contributed by atoms with van der Waals surface area (Å²) in [5.41, 5.74) is 3.28. The minimum atomic E-state index is -0.318. The van der Waals surface area contributed by atoms with Crippen molar-refractivity contribution in [2.45, 2.75) is 20.3 Å². The monoisotopic (exact) mass is 584 g/mol. The Morgan fingerprint density at radius 1 is 1.10 bits per heavy atom. The molecule has 1 aliphatic heterocycles. The van der Waals surface area contributed by atoms with E-state index in [1.807, 2.05) is 41.6 Å². The largest absolute Gasteiger partial charge is 0.382 e. The second-order valence-electron chi connectivity index (χ2n) is 8.51. The number of para-hydroxylation sites is 1. The predicted octanol–water partition coefficient (Wildman–Crippen LogP) is 7.73. The summed E-state index contributed by atoms with van der Waals surface area (Å²) in [6.07, 6.45) is 2.89. The first-order chi connectivity index (χ1) is 19.0. The molecule has 1 aliphatic rings. The van der Waals surface area contributed by atoms with Gasteiger partial charge in [-0.25, -0.2) is 9.97 Å². The molecular weight excluding hydrogens is 555 g/mol. The topological polar surface area (TPSA) is 76.6 Å². The number of rotatable bonds is 7. The van der Waals surface area contributed by atoms with Crippen LogP contribution in [-0.2, 0) is 9.47 Å². The minimum Gasteiger partial charge on any atom is -0.382 e. The van der Waals surface area contributed by atoms with Crippen molar-refractivity contribution in [3.05, 3.63) is 82.5 Å². The molecule has 204 valence electrons. The molecule has 1 N–H and O–H groups in total. The van der Waals surface area contributed by atoms with Gasteiger partial charge in [-0.1, -0.05) is 48.3 Å². The van der Waals surface area contributed by atoms with Gasteiger partial charge in [-0.05, 0) is 67.8 Å². The number of fused-ring (bicyclic) bond motifs is 1. The second-order valence-corrected chi connectivity index (χ2v) is 10.4. The van der Waals surface area contributed by atoms with Crippen LogP contribution in [0.4, 0.5) is 11.4 Å². The highest BCUT2D eigenvalue weighted by Gasteiger charge is 2.17. The van der Waals surface area contributed by atoms with Crippen LogP contribution in [0, 0.1) is 0 Å². The number of carbonyl (C=O) groups is 1. The van der Waals surface area contributed by atoms with Gasteiger partial charge in [-0.15, -0.1) is 0 Å². The van der Waals surface area contributed by atoms with E-state index in [0.717, 1.165) is 48.6 Å². The number of nitrogens with one attached hydrogen (secondary N) is 1. The second kappa shape index (κ2) is 14.5. The van der Waals surface area contributed by atoms with Crippen LogP contribution in [0.1, 0.15) is 30.6 Å². The fraction of sp³-hybridized carbons (Fsp3) is 0.276. The van der Waals surface area contributed by atoms with Crippen molar-refractivity contribution in [2.75, 3.05) is 41.9 Å². The number of carbonyl (C=O) groups excluding carboxylic acids is 1. The number of aromatic nitrogens is 2. The summed E-state index contributed by atoms with van der Waals surface area (Å²) in [5, 5.41) is 4.69. The van der Waals surface area contributed by atoms with Crippen molar-refractivity contribution >= 4 is 63.3 Å². The molecule has 0 aliphatic carbocycles. The maximum Gasteiger partial charge on any atom is 0.257 e. The Morgan fingerprint density at radius 3 is 2.67 bits per heavy atom. The number of benzene rings is 3. The molecule has 7 nitrogen and oxygen atoms in total. The summed E-state index contributed by atoms with van der Waals surface area (Å²) in [6.45, 7) is 7.09. The first kappa shape index (κ1) is 29.1. The number of anilines is 2. The lowest BCUT2D eigenvalue weighted by Crippen LogP contribution is -2.25. The lowest BCUT2D eigenvalue weighted by Gasteiger charge is -2.27. The molecule has 0 radical (unpaired) electrons. The molecule has 0 unspecified atom stereocenters. The Morgan fingerprint density at radius 2 is 1.95 bits per heavy atom. The van der Waals surface area contributed by atoms with Crippen LogP contribution < -0.4 is 9.62 Å². The molecule has 1 saturated heterocycles. The van der Waals surface area contributed by atoms with E-state index in [4.69, 9.17) is 32.7 Å². The van der Waals surface area contributed by atoms with Crippen LogP contribution in [-0.4, -0.2) is 48.2 Å². The van der Waals surface area contributed by atoms with Crippen LogP contribution in [0.15, 0.2) is 66.9 Å². The van der Waals surface area contributed by atoms with E-state index in [2.05, 4.69) is 22.2 Å². The van der Waals surface area contributed by atoms with Gasteiger partial charge in [0.2, 0.25) is 0 Å². The molecule has 0 bridgehead atoms. The Kier molecular flexibility index (Phi) is 10.8. The van der Waals surface area contributed by atoms with Gasteiger partial charge in [-0.2, -0.15) is 0 Å². The van der Waals surface area contributed by atoms with Gasteiger partial charge in [0.15, 0.2) is 5.82 Å². The highest BCUT2D eigenvalue weighted by atomic mass is 35.5. The summed E-state index contributed by atoms with van der Waals surface area (Å²) in [5.74, 6) is 1.04. The van der Waals surface area contributed by atoms with Crippen LogP contribution in [0.3, 0.4) is 0 Å². The number of ether oxygens (including phenoxy) is 2. The average molecular weight is 586 g/mol. The standard InChI is InChI=1S/C24H18Cl2N4O2S.C5H12O/c25-20-8-5-16(11-19(20)23-27-13-15-3-1-2-4-22(15)29-23)28-24(31)18-7-6-17(12-21(18)26)30-14-32-9-10-33-30;1-3-5-6-4-2/h1-8,11-13H,9-10,14H2,(H,28,31);3-5H2,1-2H3. The third-order valence-corrected chi connectivity index (χ3v) is 7.29. The Balaban J connectivity index is 0.000000531. The number of nitrogens with zero attached hydrogens (tertiary/aromatic N) is 3. The molecule has 0 atom stereocenters. The number of hydrogen-bond acceptors (Lipinski definition) is 7. The van der Waals surface area contributed by atoms with Crippen molar-refractivity contribution in [1.82, 2.24) is 9.97 Å². The van der Waals surface area contributed by atoms with Crippen molar-refractivity contribution in [3.8, 4) is 11.4 Å². The summed E-state index contributed by atoms with van der Waals surface area (Å²) >= 11 is 14.5. The van der Waals surface area contributed by atoms with Gasteiger partial charge in [-0.3, -0.25) is 9.10 Å². The van der Waals surface area contributed by atoms with Crippen LogP contribution in [0.5, 0.6) is 0 Å². The third-order valence-electron chi connectivity index (χ3n) is 5.68. The summed E-state index contributed by atoms with van der Waals surface area (Å²) in [7, 11) is 0. The first-order valence-electron chi connectivity index (χ1n) is 12.7. The molecule has 1 aromatic heterocycles. The zero-order valence-electron chi connectivity index (χ0n) is 21.8. The van der Waals surface area contributed by atoms with E-state index in [1.165, 1.54) is 0 Å². The number of halogens is 2. The lowest BCUT2D eigenvalue weighted by molar-refractivity contribution is 0.102. The zero-order chi connectivity index (χ0) is 27.6. The summed E-state index contributed by atoms with van der Waals surface area (Å²) < 4.78 is 12.5. The number of amides is 1. The lowest BCUT2D eigenvalue weighted by atomic mass is 10.1. The zero-order valence-corrected chi connectivity index (χ0v) is 24.2. The van der Waals surface area contributed by atoms with Crippen molar-refractivity contribution in [1.29, 1.82) is 0 Å². The maximum atomic E-state index is 12.9. The smallest absolute Gasteiger partial charge is 0.257 e. The summed E-state index contributed by atoms with van der Waals surface area (Å²) in [4.78, 5) is 22.0. The van der Waals surface area contributed by atoms with Gasteiger partial charge in [0.1, 0.15) is 6.73 Å². The highest BCUT2D eigenvalue weighted by Crippen LogP contribution is 2.32. The van der Waals surface area contributed by atoms with Crippen LogP contribution in [0.2, 0.25) is 10.0 Å². The van der Waals surface area contributed by atoms with Crippen LogP contribution >= 0.6 is 35.1 Å². The third kappa shape index (κ3) is 7.84. The van der Waals surface area contributed by atoms with Gasteiger partial charge in [0.25, 0.3) is 5.91 Å². The average Bonchev–Trinajstić information content (AvgIpc) is 2.97. The molecule has 4 aromatic rings. The molecule has 0 spiro atoms. The highest BCUT2D eigenvalue weighted by molar-refractivity contribution is 8.00. The van der Waals surface area contributed by atoms with E-state index >= 15 is 0 Å². The van der Waals surface area contributed by atoms with Gasteiger partial charge in [0.05, 0.1) is 33.4 Å². The number of hydrogen-bond donors (Lipinski definition) is 1. The predicted molar refractivity (Wildman–Crippen MR) is 162 cm³/mol. The quantitative estimate of drug-likeness (QED) is 0.176. The maximum absolute atomic E-state index is 12.9. The Hall–Kier alpha value is -2.88. The van der Waals surface area contributed by atoms with Crippen molar-refractivity contribution in [2.24, 2.45) is 0 Å². The van der Waals surface area contributed by atoms with Gasteiger partial charge < -0.3 is 14.8 Å². The molecule has 0 saturated carbocycles. The normalized spacial score (nSPS) is 13.1. The first-order valence-corrected chi connectivity index (χ1v) is 14.4. The molecule has 3 aromatic carbocycles. The Bertz CT molecular complexity index is 1410. The van der Waals surface area contributed by atoms with E-state index < -0.39 is 0 Å². The molecular formula is C29H30Cl2N4O3S. The van der Waals surface area contributed by atoms with Crippen molar-refractivity contribution in [3.63, 3.8) is 0 Å². The molecule has 1 fully saturated rings. The molecule has 1 amide bonds. The van der Waals surface area contributed by atoms with Crippen LogP contribution in [0.25, 0.3) is 22.3 Å². The van der Waals surface area contributed by atoms with Crippen molar-refractivity contribution < 1.29 is 14.3 Å². The SMILES string of the molecule is CCCOCC.O=C(Nc1ccc(Cl)c(-c2ncc3ccccc3n2)c1)c1ccc(N2COCCS2)cc1Cl. The molecule has 39 heavy (non-hydrogen) atoms. The van der Waals surface area contributed by atoms with E-state index in [0.29, 0.717) is 39.4 Å². The van der Waals surface area contributed by atoms with E-state index in [9.17, 15) is 4.79 Å². The summed E-state index contributed by atoms with van der Waals surface area (Å²) in [6, 6.07) is 18.3. The fourth-order valence-electron chi connectivity index (χ4n) is 3.75. The van der Waals surface area contributed by atoms with Gasteiger partial charge >= 0.3 is 0 Å².